The maximum Gasteiger partial charge on any atom is 0.132 e. The Kier molecular flexibility index (Phi) is 3.99. The highest BCUT2D eigenvalue weighted by Crippen LogP contribution is 2.35. The molecule has 0 bridgehead atoms. The third kappa shape index (κ3) is 2.90. The number of piperazine rings is 1. The molecule has 0 N–H and O–H groups in total. The van der Waals surface area contributed by atoms with E-state index in [0.717, 1.165) is 37.8 Å². The van der Waals surface area contributed by atoms with Crippen LogP contribution in [0.25, 0.3) is 0 Å². The van der Waals surface area contributed by atoms with Crippen molar-refractivity contribution in [2.75, 3.05) is 36.0 Å². The molecule has 0 radical (unpaired) electrons. The van der Waals surface area contributed by atoms with Crippen LogP contribution >= 0.6 is 0 Å². The quantitative estimate of drug-likeness (QED) is 0.864. The topological polar surface area (TPSA) is 68.9 Å². The number of nitriles is 1. The number of aromatic nitrogens is 3. The van der Waals surface area contributed by atoms with Crippen molar-refractivity contribution in [2.24, 2.45) is 0 Å². The minimum absolute atomic E-state index is 0.631. The second kappa shape index (κ2) is 6.44. The summed E-state index contributed by atoms with van der Waals surface area (Å²) in [6, 6.07) is 7.93. The normalized spacial score (nSPS) is 18.1. The molecule has 0 amide bonds. The van der Waals surface area contributed by atoms with E-state index in [1.54, 1.807) is 18.6 Å². The first-order chi connectivity index (χ1) is 11.8. The van der Waals surface area contributed by atoms with Crippen LogP contribution < -0.4 is 9.80 Å². The number of rotatable bonds is 3. The molecule has 6 heteroatoms. The molecule has 0 unspecified atom stereocenters. The highest BCUT2D eigenvalue weighted by molar-refractivity contribution is 5.48. The van der Waals surface area contributed by atoms with Crippen molar-refractivity contribution in [2.45, 2.75) is 25.2 Å². The summed E-state index contributed by atoms with van der Waals surface area (Å²) in [7, 11) is 0. The third-order valence-electron chi connectivity index (χ3n) is 5.00. The molecule has 1 aliphatic heterocycles. The van der Waals surface area contributed by atoms with Gasteiger partial charge in [0.1, 0.15) is 18.0 Å². The monoisotopic (exact) mass is 320 g/mol. The van der Waals surface area contributed by atoms with E-state index in [9.17, 15) is 0 Å². The van der Waals surface area contributed by atoms with E-state index in [1.165, 1.54) is 25.0 Å². The maximum atomic E-state index is 9.03. The summed E-state index contributed by atoms with van der Waals surface area (Å²) >= 11 is 0. The molecule has 2 aromatic rings. The first-order valence-electron chi connectivity index (χ1n) is 8.51. The third-order valence-corrected chi connectivity index (χ3v) is 5.00. The van der Waals surface area contributed by atoms with Gasteiger partial charge in [-0.2, -0.15) is 5.26 Å². The molecule has 0 aromatic carbocycles. The fourth-order valence-corrected chi connectivity index (χ4v) is 3.29. The van der Waals surface area contributed by atoms with Crippen LogP contribution in [0.1, 0.15) is 36.4 Å². The largest absolute Gasteiger partial charge is 0.353 e. The highest BCUT2D eigenvalue weighted by Gasteiger charge is 2.23. The average molecular weight is 320 g/mol. The summed E-state index contributed by atoms with van der Waals surface area (Å²) in [5, 5.41) is 9.03. The first-order valence-corrected chi connectivity index (χ1v) is 8.51. The molecule has 4 rings (SSSR count). The van der Waals surface area contributed by atoms with Crippen molar-refractivity contribution < 1.29 is 0 Å². The Balaban J connectivity index is 1.43. The molecule has 1 aliphatic carbocycles. The Morgan fingerprint density at radius 1 is 0.958 bits per heavy atom. The molecule has 2 fully saturated rings. The number of pyridine rings is 1. The molecule has 0 atom stereocenters. The lowest BCUT2D eigenvalue weighted by Gasteiger charge is -2.36. The summed E-state index contributed by atoms with van der Waals surface area (Å²) in [4.78, 5) is 17.9. The second-order valence-electron chi connectivity index (χ2n) is 6.42. The van der Waals surface area contributed by atoms with Crippen LogP contribution in [0, 0.1) is 11.3 Å². The molecule has 2 aromatic heterocycles. The highest BCUT2D eigenvalue weighted by atomic mass is 15.3. The van der Waals surface area contributed by atoms with Crippen molar-refractivity contribution in [3.63, 3.8) is 0 Å². The van der Waals surface area contributed by atoms with Gasteiger partial charge < -0.3 is 9.80 Å². The zero-order chi connectivity index (χ0) is 16.4. The summed E-state index contributed by atoms with van der Waals surface area (Å²) in [5.74, 6) is 2.54. The van der Waals surface area contributed by atoms with Crippen LogP contribution in [0.2, 0.25) is 0 Å². The smallest absolute Gasteiger partial charge is 0.132 e. The van der Waals surface area contributed by atoms with Crippen LogP contribution in [0.3, 0.4) is 0 Å². The molecule has 2 aliphatic rings. The lowest BCUT2D eigenvalue weighted by Crippen LogP contribution is -2.47. The summed E-state index contributed by atoms with van der Waals surface area (Å²) in [6.45, 7) is 3.56. The van der Waals surface area contributed by atoms with Crippen molar-refractivity contribution in [3.05, 3.63) is 42.0 Å². The number of hydrogen-bond donors (Lipinski definition) is 0. The van der Waals surface area contributed by atoms with E-state index < -0.39 is 0 Å². The van der Waals surface area contributed by atoms with Crippen LogP contribution in [0.5, 0.6) is 0 Å². The maximum absolute atomic E-state index is 9.03. The fourth-order valence-electron chi connectivity index (χ4n) is 3.29. The van der Waals surface area contributed by atoms with Crippen molar-refractivity contribution in [3.8, 4) is 6.07 Å². The van der Waals surface area contributed by atoms with Crippen LogP contribution in [-0.4, -0.2) is 41.1 Å². The van der Waals surface area contributed by atoms with Crippen molar-refractivity contribution in [1.29, 1.82) is 5.26 Å². The lowest BCUT2D eigenvalue weighted by atomic mass is 9.83. The molecular formula is C18H20N6. The van der Waals surface area contributed by atoms with E-state index in [0.29, 0.717) is 11.5 Å². The van der Waals surface area contributed by atoms with Gasteiger partial charge in [-0.3, -0.25) is 0 Å². The van der Waals surface area contributed by atoms with Crippen molar-refractivity contribution >= 4 is 11.6 Å². The minimum atomic E-state index is 0.631. The van der Waals surface area contributed by atoms with Gasteiger partial charge in [-0.25, -0.2) is 15.0 Å². The van der Waals surface area contributed by atoms with Gasteiger partial charge in [0.25, 0.3) is 0 Å². The van der Waals surface area contributed by atoms with Crippen LogP contribution in [0.4, 0.5) is 11.6 Å². The molecule has 6 nitrogen and oxygen atoms in total. The van der Waals surface area contributed by atoms with Gasteiger partial charge in [0.2, 0.25) is 0 Å². The Labute approximate surface area is 141 Å². The molecule has 0 spiro atoms. The zero-order valence-electron chi connectivity index (χ0n) is 13.6. The minimum Gasteiger partial charge on any atom is -0.353 e. The first kappa shape index (κ1) is 14.9. The Morgan fingerprint density at radius 2 is 1.67 bits per heavy atom. The Bertz CT molecular complexity index is 756. The van der Waals surface area contributed by atoms with E-state index in [4.69, 9.17) is 5.26 Å². The number of hydrogen-bond acceptors (Lipinski definition) is 6. The van der Waals surface area contributed by atoms with Crippen LogP contribution in [0.15, 0.2) is 30.7 Å². The molecular weight excluding hydrogens is 300 g/mol. The van der Waals surface area contributed by atoms with Gasteiger partial charge in [0.15, 0.2) is 0 Å². The Morgan fingerprint density at radius 3 is 2.29 bits per heavy atom. The Hall–Kier alpha value is -2.68. The zero-order valence-corrected chi connectivity index (χ0v) is 13.6. The van der Waals surface area contributed by atoms with Gasteiger partial charge in [0, 0.05) is 50.1 Å². The molecule has 122 valence electrons. The molecule has 1 saturated carbocycles. The number of anilines is 2. The van der Waals surface area contributed by atoms with E-state index in [-0.39, 0.29) is 0 Å². The van der Waals surface area contributed by atoms with E-state index in [2.05, 4.69) is 36.9 Å². The van der Waals surface area contributed by atoms with Gasteiger partial charge in [-0.05, 0) is 25.0 Å². The number of nitrogens with zero attached hydrogens (tertiary/aromatic N) is 6. The summed E-state index contributed by atoms with van der Waals surface area (Å²) in [5.41, 5.74) is 1.85. The van der Waals surface area contributed by atoms with Gasteiger partial charge in [-0.15, -0.1) is 0 Å². The summed E-state index contributed by atoms with van der Waals surface area (Å²) < 4.78 is 0. The predicted octanol–water partition coefficient (Wildman–Crippen LogP) is 2.34. The average Bonchev–Trinajstić information content (AvgIpc) is 2.61. The lowest BCUT2D eigenvalue weighted by molar-refractivity contribution is 0.410. The fraction of sp³-hybridized carbons (Fsp3) is 0.444. The SMILES string of the molecule is N#Cc1ccnc(N2CCN(c3cc(C4CCC4)ncn3)CC2)c1. The van der Waals surface area contributed by atoms with Crippen molar-refractivity contribution in [1.82, 2.24) is 15.0 Å². The predicted molar refractivity (Wildman–Crippen MR) is 92.0 cm³/mol. The molecule has 1 saturated heterocycles. The van der Waals surface area contributed by atoms with Crippen LogP contribution in [-0.2, 0) is 0 Å². The van der Waals surface area contributed by atoms with Gasteiger partial charge >= 0.3 is 0 Å². The molecule has 24 heavy (non-hydrogen) atoms. The summed E-state index contributed by atoms with van der Waals surface area (Å²) in [6.07, 6.45) is 7.23. The van der Waals surface area contributed by atoms with Gasteiger partial charge in [-0.1, -0.05) is 6.42 Å². The van der Waals surface area contributed by atoms with E-state index in [1.807, 2.05) is 6.07 Å². The molecule has 3 heterocycles. The van der Waals surface area contributed by atoms with Gasteiger partial charge in [0.05, 0.1) is 11.6 Å². The standard InChI is InChI=1S/C18H20N6/c19-12-14-4-5-20-17(10-14)23-6-8-24(9-7-23)18-11-16(21-13-22-18)15-2-1-3-15/h4-5,10-11,13,15H,1-3,6-9H2. The van der Waals surface area contributed by atoms with E-state index >= 15 is 0 Å². The second-order valence-corrected chi connectivity index (χ2v) is 6.42.